The average molecular weight is 415 g/mol. The Labute approximate surface area is 173 Å². The van der Waals surface area contributed by atoms with E-state index in [9.17, 15) is 14.7 Å². The maximum atomic E-state index is 13.2. The van der Waals surface area contributed by atoms with Crippen molar-refractivity contribution < 1.29 is 9.90 Å². The highest BCUT2D eigenvalue weighted by Gasteiger charge is 2.18. The molecule has 1 aromatic carbocycles. The molecule has 2 heterocycles. The van der Waals surface area contributed by atoms with Crippen LogP contribution in [0.5, 0.6) is 0 Å². The topological polar surface area (TPSA) is 88.6 Å². The minimum atomic E-state index is -0.677. The first-order valence-electron chi connectivity index (χ1n) is 9.25. The lowest BCUT2D eigenvalue weighted by Gasteiger charge is -2.13. The zero-order valence-corrected chi connectivity index (χ0v) is 17.3. The standard InChI is InChI=1S/C21H23ClN4O3/c1-13(2)8-9-26-18(15-6-4-5-7-16(15)22)12-25-11-17(24-19(25)21(26)29)20(28)23-10-14(3)27/h4-8,11-12,14,27H,9-10H2,1-3H3,(H,23,28). The SMILES string of the molecule is CC(C)=CCn1c(-c2ccccc2Cl)cn2cc(C(=O)NCC(C)O)nc2c1=O. The molecule has 2 aromatic heterocycles. The minimum Gasteiger partial charge on any atom is -0.392 e. The molecule has 0 aliphatic rings. The summed E-state index contributed by atoms with van der Waals surface area (Å²) in [5.41, 5.74) is 2.33. The van der Waals surface area contributed by atoms with Crippen molar-refractivity contribution in [1.29, 1.82) is 0 Å². The minimum absolute atomic E-state index is 0.0996. The van der Waals surface area contributed by atoms with Crippen LogP contribution in [0, 0.1) is 0 Å². The molecule has 3 aromatic rings. The Hall–Kier alpha value is -2.90. The molecule has 2 N–H and O–H groups in total. The summed E-state index contributed by atoms with van der Waals surface area (Å²) in [6.45, 7) is 5.94. The number of hydrogen-bond acceptors (Lipinski definition) is 4. The molecular weight excluding hydrogens is 392 g/mol. The Bertz CT molecular complexity index is 1140. The van der Waals surface area contributed by atoms with E-state index in [1.807, 2.05) is 38.1 Å². The zero-order valence-electron chi connectivity index (χ0n) is 16.5. The number of aliphatic hydroxyl groups excluding tert-OH is 1. The highest BCUT2D eigenvalue weighted by atomic mass is 35.5. The van der Waals surface area contributed by atoms with Gasteiger partial charge in [-0.15, -0.1) is 0 Å². The van der Waals surface area contributed by atoms with Gasteiger partial charge in [0.15, 0.2) is 0 Å². The molecule has 7 nitrogen and oxygen atoms in total. The van der Waals surface area contributed by atoms with Crippen molar-refractivity contribution in [3.63, 3.8) is 0 Å². The number of benzene rings is 1. The third-order valence-corrected chi connectivity index (χ3v) is 4.67. The van der Waals surface area contributed by atoms with Gasteiger partial charge >= 0.3 is 0 Å². The lowest BCUT2D eigenvalue weighted by atomic mass is 10.1. The number of hydrogen-bond donors (Lipinski definition) is 2. The van der Waals surface area contributed by atoms with Crippen LogP contribution in [0.25, 0.3) is 16.9 Å². The van der Waals surface area contributed by atoms with Gasteiger partial charge in [0.05, 0.1) is 11.8 Å². The molecule has 0 bridgehead atoms. The Balaban J connectivity index is 2.17. The number of fused-ring (bicyclic) bond motifs is 1. The summed E-state index contributed by atoms with van der Waals surface area (Å²) in [5, 5.41) is 12.5. The third kappa shape index (κ3) is 4.58. The summed E-state index contributed by atoms with van der Waals surface area (Å²) in [7, 11) is 0. The van der Waals surface area contributed by atoms with Gasteiger partial charge < -0.3 is 10.4 Å². The maximum absolute atomic E-state index is 13.2. The van der Waals surface area contributed by atoms with Crippen molar-refractivity contribution >= 4 is 23.2 Å². The fourth-order valence-electron chi connectivity index (χ4n) is 2.86. The van der Waals surface area contributed by atoms with Crippen molar-refractivity contribution in [2.75, 3.05) is 6.54 Å². The Morgan fingerprint density at radius 3 is 2.69 bits per heavy atom. The number of amides is 1. The molecule has 0 radical (unpaired) electrons. The van der Waals surface area contributed by atoms with Crippen LogP contribution in [0.15, 0.2) is 53.1 Å². The summed E-state index contributed by atoms with van der Waals surface area (Å²) < 4.78 is 3.13. The van der Waals surface area contributed by atoms with Gasteiger partial charge in [-0.3, -0.25) is 18.6 Å². The highest BCUT2D eigenvalue weighted by molar-refractivity contribution is 6.33. The number of nitrogens with one attached hydrogen (secondary N) is 1. The Kier molecular flexibility index (Phi) is 6.20. The molecule has 8 heteroatoms. The predicted molar refractivity (Wildman–Crippen MR) is 113 cm³/mol. The molecule has 0 spiro atoms. The summed E-state index contributed by atoms with van der Waals surface area (Å²) in [5.74, 6) is -0.454. The van der Waals surface area contributed by atoms with Crippen LogP contribution in [-0.4, -0.2) is 37.6 Å². The number of carbonyl (C=O) groups excluding carboxylic acids is 1. The Morgan fingerprint density at radius 2 is 2.03 bits per heavy atom. The van der Waals surface area contributed by atoms with E-state index in [0.717, 1.165) is 5.57 Å². The normalized spacial score (nSPS) is 12.0. The highest BCUT2D eigenvalue weighted by Crippen LogP contribution is 2.27. The van der Waals surface area contributed by atoms with E-state index in [0.29, 0.717) is 22.8 Å². The summed E-state index contributed by atoms with van der Waals surface area (Å²) in [4.78, 5) is 29.7. The molecule has 0 saturated heterocycles. The number of aromatic nitrogens is 3. The molecule has 0 fully saturated rings. The second kappa shape index (κ2) is 8.63. The van der Waals surface area contributed by atoms with Crippen molar-refractivity contribution in [2.24, 2.45) is 0 Å². The lowest BCUT2D eigenvalue weighted by molar-refractivity contribution is 0.0919. The molecule has 0 aliphatic carbocycles. The monoisotopic (exact) mass is 414 g/mol. The first kappa shape index (κ1) is 20.8. The van der Waals surface area contributed by atoms with Gasteiger partial charge in [-0.2, -0.15) is 0 Å². The van der Waals surface area contributed by atoms with E-state index in [1.165, 1.54) is 10.6 Å². The third-order valence-electron chi connectivity index (χ3n) is 4.34. The van der Waals surface area contributed by atoms with E-state index in [2.05, 4.69) is 10.3 Å². The number of halogens is 1. The molecule has 29 heavy (non-hydrogen) atoms. The molecule has 3 rings (SSSR count). The fourth-order valence-corrected chi connectivity index (χ4v) is 3.09. The molecular formula is C21H23ClN4O3. The first-order valence-corrected chi connectivity index (χ1v) is 9.62. The molecule has 1 atom stereocenters. The van der Waals surface area contributed by atoms with Gasteiger partial charge in [0.2, 0.25) is 5.65 Å². The quantitative estimate of drug-likeness (QED) is 0.607. The van der Waals surface area contributed by atoms with E-state index < -0.39 is 12.0 Å². The van der Waals surface area contributed by atoms with E-state index in [4.69, 9.17) is 11.6 Å². The maximum Gasteiger partial charge on any atom is 0.295 e. The Morgan fingerprint density at radius 1 is 1.31 bits per heavy atom. The van der Waals surface area contributed by atoms with Crippen LogP contribution in [0.4, 0.5) is 0 Å². The number of carbonyl (C=O) groups is 1. The van der Waals surface area contributed by atoms with Gasteiger partial charge in [-0.25, -0.2) is 4.98 Å². The first-order chi connectivity index (χ1) is 13.8. The number of aliphatic hydroxyl groups is 1. The van der Waals surface area contributed by atoms with Gasteiger partial charge in [-0.1, -0.05) is 41.4 Å². The summed E-state index contributed by atoms with van der Waals surface area (Å²) in [6.07, 6.45) is 4.51. The van der Waals surface area contributed by atoms with Crippen LogP contribution < -0.4 is 10.9 Å². The smallest absolute Gasteiger partial charge is 0.295 e. The molecule has 0 aliphatic heterocycles. The number of imidazole rings is 1. The lowest BCUT2D eigenvalue weighted by Crippen LogP contribution is -2.30. The van der Waals surface area contributed by atoms with E-state index in [-0.39, 0.29) is 23.4 Å². The van der Waals surface area contributed by atoms with Gasteiger partial charge in [0.25, 0.3) is 11.5 Å². The summed E-state index contributed by atoms with van der Waals surface area (Å²) >= 11 is 6.38. The fraction of sp³-hybridized carbons (Fsp3) is 0.286. The van der Waals surface area contributed by atoms with E-state index in [1.54, 1.807) is 23.8 Å². The molecule has 152 valence electrons. The predicted octanol–water partition coefficient (Wildman–Crippen LogP) is 2.89. The van der Waals surface area contributed by atoms with Crippen molar-refractivity contribution in [3.05, 3.63) is 69.4 Å². The van der Waals surface area contributed by atoms with Crippen molar-refractivity contribution in [3.8, 4) is 11.3 Å². The molecule has 1 amide bonds. The summed E-state index contributed by atoms with van der Waals surface area (Å²) in [6, 6.07) is 7.28. The second-order valence-corrected chi connectivity index (χ2v) is 7.51. The van der Waals surface area contributed by atoms with Crippen molar-refractivity contribution in [1.82, 2.24) is 19.3 Å². The van der Waals surface area contributed by atoms with Crippen LogP contribution in [0.1, 0.15) is 31.3 Å². The average Bonchev–Trinajstić information content (AvgIpc) is 3.10. The molecule has 1 unspecified atom stereocenters. The van der Waals surface area contributed by atoms with Crippen LogP contribution in [-0.2, 0) is 6.54 Å². The van der Waals surface area contributed by atoms with Crippen LogP contribution >= 0.6 is 11.6 Å². The largest absolute Gasteiger partial charge is 0.392 e. The van der Waals surface area contributed by atoms with Gasteiger partial charge in [-0.05, 0) is 26.8 Å². The van der Waals surface area contributed by atoms with Crippen LogP contribution in [0.2, 0.25) is 5.02 Å². The van der Waals surface area contributed by atoms with Gasteiger partial charge in [0.1, 0.15) is 5.69 Å². The second-order valence-electron chi connectivity index (χ2n) is 7.11. The van der Waals surface area contributed by atoms with Crippen LogP contribution in [0.3, 0.4) is 0 Å². The van der Waals surface area contributed by atoms with Gasteiger partial charge in [0, 0.05) is 36.1 Å². The number of rotatable bonds is 6. The number of nitrogens with zero attached hydrogens (tertiary/aromatic N) is 3. The number of allylic oxidation sites excluding steroid dienone is 2. The zero-order chi connectivity index (χ0) is 21.1. The van der Waals surface area contributed by atoms with E-state index >= 15 is 0 Å². The molecule has 0 saturated carbocycles. The van der Waals surface area contributed by atoms with Crippen molar-refractivity contribution in [2.45, 2.75) is 33.4 Å².